The van der Waals surface area contributed by atoms with E-state index in [1.807, 2.05) is 0 Å². The lowest BCUT2D eigenvalue weighted by atomic mass is 9.96. The number of urea groups is 1. The van der Waals surface area contributed by atoms with Crippen LogP contribution in [-0.2, 0) is 4.74 Å². The summed E-state index contributed by atoms with van der Waals surface area (Å²) < 4.78 is 5.59. The third-order valence-corrected chi connectivity index (χ3v) is 2.65. The number of fused-ring (bicyclic) bond motifs is 2. The Morgan fingerprint density at radius 1 is 1.50 bits per heavy atom. The Kier molecular flexibility index (Phi) is 1.92. The Hall–Kier alpha value is -0.770. The first-order valence-electron chi connectivity index (χ1n) is 4.43. The van der Waals surface area contributed by atoms with Gasteiger partial charge < -0.3 is 15.4 Å². The number of rotatable bonds is 1. The first-order chi connectivity index (χ1) is 5.79. The molecule has 0 radical (unpaired) electrons. The molecule has 3 unspecified atom stereocenters. The van der Waals surface area contributed by atoms with Crippen LogP contribution in [0, 0.1) is 0 Å². The highest BCUT2D eigenvalue weighted by Crippen LogP contribution is 2.34. The van der Waals surface area contributed by atoms with E-state index in [9.17, 15) is 4.79 Å². The molecular formula is C8H14N2O2. The second-order valence-corrected chi connectivity index (χ2v) is 3.44. The molecule has 2 bridgehead atoms. The molecule has 2 amide bonds. The van der Waals surface area contributed by atoms with Gasteiger partial charge in [-0.15, -0.1) is 0 Å². The molecule has 3 atom stereocenters. The van der Waals surface area contributed by atoms with Crippen LogP contribution in [0.15, 0.2) is 0 Å². The molecule has 0 aliphatic carbocycles. The fraction of sp³-hybridized carbons (Fsp3) is 0.875. The van der Waals surface area contributed by atoms with Gasteiger partial charge in [0.25, 0.3) is 0 Å². The molecule has 2 heterocycles. The number of hydrogen-bond donors (Lipinski definition) is 2. The van der Waals surface area contributed by atoms with Gasteiger partial charge in [0.15, 0.2) is 0 Å². The van der Waals surface area contributed by atoms with Gasteiger partial charge in [-0.3, -0.25) is 0 Å². The van der Waals surface area contributed by atoms with Crippen LogP contribution >= 0.6 is 0 Å². The van der Waals surface area contributed by atoms with Crippen molar-refractivity contribution in [3.63, 3.8) is 0 Å². The monoisotopic (exact) mass is 170 g/mol. The Bertz CT molecular complexity index is 195. The van der Waals surface area contributed by atoms with Crippen molar-refractivity contribution in [3.05, 3.63) is 0 Å². The predicted molar refractivity (Wildman–Crippen MR) is 43.9 cm³/mol. The molecule has 0 saturated carbocycles. The number of nitrogens with one attached hydrogen (secondary N) is 2. The van der Waals surface area contributed by atoms with E-state index in [0.29, 0.717) is 6.10 Å². The molecule has 4 heteroatoms. The predicted octanol–water partition coefficient (Wildman–Crippen LogP) is 0.235. The maximum atomic E-state index is 11.0. The normalized spacial score (nSPS) is 38.2. The zero-order valence-corrected chi connectivity index (χ0v) is 7.17. The summed E-state index contributed by atoms with van der Waals surface area (Å²) in [5.41, 5.74) is 0. The average Bonchev–Trinajstić information content (AvgIpc) is 2.64. The van der Waals surface area contributed by atoms with Crippen LogP contribution in [0.25, 0.3) is 0 Å². The topological polar surface area (TPSA) is 50.4 Å². The quantitative estimate of drug-likeness (QED) is 0.592. The number of ether oxygens (including phenoxy) is 1. The molecule has 0 aromatic heterocycles. The van der Waals surface area contributed by atoms with E-state index in [1.54, 1.807) is 7.05 Å². The lowest BCUT2D eigenvalue weighted by Crippen LogP contribution is -2.45. The molecule has 2 N–H and O–H groups in total. The van der Waals surface area contributed by atoms with E-state index in [4.69, 9.17) is 4.74 Å². The highest BCUT2D eigenvalue weighted by Gasteiger charge is 2.41. The molecule has 12 heavy (non-hydrogen) atoms. The Morgan fingerprint density at radius 2 is 2.33 bits per heavy atom. The van der Waals surface area contributed by atoms with Crippen molar-refractivity contribution >= 4 is 6.03 Å². The van der Waals surface area contributed by atoms with E-state index in [-0.39, 0.29) is 18.2 Å². The van der Waals surface area contributed by atoms with Crippen LogP contribution < -0.4 is 10.6 Å². The molecule has 2 saturated heterocycles. The molecule has 0 aromatic rings. The summed E-state index contributed by atoms with van der Waals surface area (Å²) in [4.78, 5) is 11.0. The molecule has 0 spiro atoms. The van der Waals surface area contributed by atoms with Crippen molar-refractivity contribution in [3.8, 4) is 0 Å². The minimum absolute atomic E-state index is 0.101. The summed E-state index contributed by atoms with van der Waals surface area (Å²) in [7, 11) is 1.63. The van der Waals surface area contributed by atoms with Crippen LogP contribution in [0.4, 0.5) is 4.79 Å². The summed E-state index contributed by atoms with van der Waals surface area (Å²) in [6.07, 6.45) is 3.91. The minimum atomic E-state index is -0.101. The number of amides is 2. The average molecular weight is 170 g/mol. The summed E-state index contributed by atoms with van der Waals surface area (Å²) >= 11 is 0. The SMILES string of the molecule is CNC(=O)NC1CC2CCC1O2. The largest absolute Gasteiger partial charge is 0.373 e. The second kappa shape index (κ2) is 2.94. The third kappa shape index (κ3) is 1.27. The Labute approximate surface area is 71.7 Å². The minimum Gasteiger partial charge on any atom is -0.373 e. The number of hydrogen-bond acceptors (Lipinski definition) is 2. The van der Waals surface area contributed by atoms with Gasteiger partial charge in [0.05, 0.1) is 18.2 Å². The molecule has 2 rings (SSSR count). The van der Waals surface area contributed by atoms with Crippen molar-refractivity contribution in [2.75, 3.05) is 7.05 Å². The maximum Gasteiger partial charge on any atom is 0.314 e. The fourth-order valence-electron chi connectivity index (χ4n) is 2.03. The standard InChI is InChI=1S/C8H14N2O2/c1-9-8(11)10-6-4-5-2-3-7(6)12-5/h5-7H,2-4H2,1H3,(H2,9,10,11). The highest BCUT2D eigenvalue weighted by molar-refractivity contribution is 5.73. The van der Waals surface area contributed by atoms with Gasteiger partial charge in [0.1, 0.15) is 0 Å². The summed E-state index contributed by atoms with van der Waals surface area (Å²) in [6, 6.07) is 0.139. The van der Waals surface area contributed by atoms with Crippen LogP contribution in [-0.4, -0.2) is 31.3 Å². The van der Waals surface area contributed by atoms with Crippen LogP contribution in [0.5, 0.6) is 0 Å². The van der Waals surface area contributed by atoms with Crippen molar-refractivity contribution in [2.45, 2.75) is 37.5 Å². The van der Waals surface area contributed by atoms with Crippen molar-refractivity contribution < 1.29 is 9.53 Å². The molecule has 2 aliphatic rings. The van der Waals surface area contributed by atoms with Crippen LogP contribution in [0.3, 0.4) is 0 Å². The van der Waals surface area contributed by atoms with Gasteiger partial charge in [0.2, 0.25) is 0 Å². The van der Waals surface area contributed by atoms with Gasteiger partial charge in [-0.1, -0.05) is 0 Å². The lowest BCUT2D eigenvalue weighted by Gasteiger charge is -2.19. The van der Waals surface area contributed by atoms with Gasteiger partial charge in [0, 0.05) is 7.05 Å². The van der Waals surface area contributed by atoms with Crippen LogP contribution in [0.2, 0.25) is 0 Å². The van der Waals surface area contributed by atoms with Crippen molar-refractivity contribution in [1.29, 1.82) is 0 Å². The van der Waals surface area contributed by atoms with E-state index in [0.717, 1.165) is 19.3 Å². The molecular weight excluding hydrogens is 156 g/mol. The smallest absolute Gasteiger partial charge is 0.314 e. The van der Waals surface area contributed by atoms with E-state index in [1.165, 1.54) is 0 Å². The number of carbonyl (C=O) groups is 1. The van der Waals surface area contributed by atoms with E-state index in [2.05, 4.69) is 10.6 Å². The second-order valence-electron chi connectivity index (χ2n) is 3.44. The summed E-state index contributed by atoms with van der Waals surface area (Å²) in [6.45, 7) is 0. The zero-order chi connectivity index (χ0) is 8.55. The van der Waals surface area contributed by atoms with Gasteiger partial charge in [-0.25, -0.2) is 4.79 Å². The molecule has 2 fully saturated rings. The molecule has 2 aliphatic heterocycles. The molecule has 68 valence electrons. The summed E-state index contributed by atoms with van der Waals surface area (Å²) in [5, 5.41) is 5.43. The van der Waals surface area contributed by atoms with Gasteiger partial charge in [-0.05, 0) is 19.3 Å². The molecule has 0 aromatic carbocycles. The lowest BCUT2D eigenvalue weighted by molar-refractivity contribution is 0.0981. The van der Waals surface area contributed by atoms with Crippen LogP contribution in [0.1, 0.15) is 19.3 Å². The fourth-order valence-corrected chi connectivity index (χ4v) is 2.03. The highest BCUT2D eigenvalue weighted by atomic mass is 16.5. The van der Waals surface area contributed by atoms with Crippen molar-refractivity contribution in [2.24, 2.45) is 0 Å². The first kappa shape index (κ1) is 7.86. The van der Waals surface area contributed by atoms with Gasteiger partial charge in [-0.2, -0.15) is 0 Å². The molecule has 4 nitrogen and oxygen atoms in total. The Morgan fingerprint density at radius 3 is 2.83 bits per heavy atom. The van der Waals surface area contributed by atoms with E-state index < -0.39 is 0 Å². The maximum absolute atomic E-state index is 11.0. The first-order valence-corrected chi connectivity index (χ1v) is 4.43. The van der Waals surface area contributed by atoms with Gasteiger partial charge >= 0.3 is 6.03 Å². The van der Waals surface area contributed by atoms with E-state index >= 15 is 0 Å². The summed E-state index contributed by atoms with van der Waals surface area (Å²) in [5.74, 6) is 0. The zero-order valence-electron chi connectivity index (χ0n) is 7.17. The number of carbonyl (C=O) groups excluding carboxylic acids is 1. The third-order valence-electron chi connectivity index (χ3n) is 2.65. The Balaban J connectivity index is 1.86. The van der Waals surface area contributed by atoms with Crippen molar-refractivity contribution in [1.82, 2.24) is 10.6 Å².